The van der Waals surface area contributed by atoms with Gasteiger partial charge in [-0.25, -0.2) is 0 Å². The van der Waals surface area contributed by atoms with E-state index in [9.17, 15) is 9.59 Å². The predicted molar refractivity (Wildman–Crippen MR) is 80.0 cm³/mol. The number of benzene rings is 1. The molecule has 0 heterocycles. The van der Waals surface area contributed by atoms with Crippen molar-refractivity contribution < 1.29 is 14.7 Å². The molecule has 0 aromatic heterocycles. The lowest BCUT2D eigenvalue weighted by molar-refractivity contribution is -0.138. The van der Waals surface area contributed by atoms with Gasteiger partial charge in [0.15, 0.2) is 0 Å². The third-order valence-electron chi connectivity index (χ3n) is 2.43. The Morgan fingerprint density at radius 3 is 2.55 bits per heavy atom. The zero-order chi connectivity index (χ0) is 15.3. The minimum atomic E-state index is -0.972. The molecule has 20 heavy (non-hydrogen) atoms. The van der Waals surface area contributed by atoms with Gasteiger partial charge in [-0.3, -0.25) is 9.59 Å². The first-order chi connectivity index (χ1) is 9.19. The summed E-state index contributed by atoms with van der Waals surface area (Å²) in [5, 5.41) is 12.3. The summed E-state index contributed by atoms with van der Waals surface area (Å²) in [6, 6.07) is 4.94. The molecule has 0 bridgehead atoms. The summed E-state index contributed by atoms with van der Waals surface area (Å²) in [6.07, 6.45) is 2.69. The molecule has 108 valence electrons. The van der Waals surface area contributed by atoms with Crippen LogP contribution in [-0.4, -0.2) is 22.5 Å². The fourth-order valence-corrected chi connectivity index (χ4v) is 2.07. The predicted octanol–water partition coefficient (Wildman–Crippen LogP) is 3.38. The topological polar surface area (TPSA) is 66.4 Å². The quantitative estimate of drug-likeness (QED) is 0.819. The second kappa shape index (κ2) is 6.77. The van der Waals surface area contributed by atoms with E-state index >= 15 is 0 Å². The van der Waals surface area contributed by atoms with Crippen LogP contribution < -0.4 is 5.32 Å². The molecule has 0 aliphatic carbocycles. The number of rotatable bonds is 5. The summed E-state index contributed by atoms with van der Waals surface area (Å²) in [6.45, 7) is 3.28. The first-order valence-corrected chi connectivity index (χ1v) is 6.62. The first-order valence-electron chi connectivity index (χ1n) is 5.87. The number of carbonyl (C=O) groups excluding carboxylic acids is 1. The number of carboxylic acids is 1. The van der Waals surface area contributed by atoms with E-state index in [0.717, 1.165) is 0 Å². The summed E-state index contributed by atoms with van der Waals surface area (Å²) < 4.78 is 0. The maximum absolute atomic E-state index is 11.7. The van der Waals surface area contributed by atoms with E-state index in [1.807, 2.05) is 0 Å². The summed E-state index contributed by atoms with van der Waals surface area (Å²) in [4.78, 5) is 22.4. The summed E-state index contributed by atoms with van der Waals surface area (Å²) in [5.74, 6) is -1.36. The molecule has 0 spiro atoms. The van der Waals surface area contributed by atoms with Crippen molar-refractivity contribution in [1.82, 2.24) is 5.32 Å². The van der Waals surface area contributed by atoms with E-state index in [1.54, 1.807) is 38.1 Å². The monoisotopic (exact) mass is 315 g/mol. The highest BCUT2D eigenvalue weighted by Crippen LogP contribution is 2.22. The fourth-order valence-electron chi connectivity index (χ4n) is 1.60. The van der Waals surface area contributed by atoms with Gasteiger partial charge in [-0.15, -0.1) is 0 Å². The van der Waals surface area contributed by atoms with E-state index < -0.39 is 11.5 Å². The molecule has 0 radical (unpaired) electrons. The molecule has 1 rings (SSSR count). The molecule has 0 aliphatic heterocycles. The number of halogens is 2. The molecule has 0 unspecified atom stereocenters. The number of nitrogens with one attached hydrogen (secondary N) is 1. The van der Waals surface area contributed by atoms with Gasteiger partial charge in [-0.2, -0.15) is 0 Å². The standard InChI is InChI=1S/C14H15Cl2NO3/c1-14(2,8-13(19)20)17-12(18)6-4-9-3-5-10(15)7-11(9)16/h3-7H,8H2,1-2H3,(H,17,18)(H,19,20). The van der Waals surface area contributed by atoms with Gasteiger partial charge in [0.05, 0.1) is 6.42 Å². The first kappa shape index (κ1) is 16.5. The zero-order valence-electron chi connectivity index (χ0n) is 11.1. The average molecular weight is 316 g/mol. The molecule has 1 aromatic carbocycles. The van der Waals surface area contributed by atoms with Crippen LogP contribution in [0.3, 0.4) is 0 Å². The summed E-state index contributed by atoms with van der Waals surface area (Å²) >= 11 is 11.7. The molecule has 1 amide bonds. The number of amides is 1. The Balaban J connectivity index is 2.70. The fraction of sp³-hybridized carbons (Fsp3) is 0.286. The van der Waals surface area contributed by atoms with Crippen LogP contribution >= 0.6 is 23.2 Å². The number of carboxylic acid groups (broad SMARTS) is 1. The van der Waals surface area contributed by atoms with E-state index in [1.165, 1.54) is 6.08 Å². The van der Waals surface area contributed by atoms with Crippen molar-refractivity contribution in [3.8, 4) is 0 Å². The van der Waals surface area contributed by atoms with Crippen LogP contribution in [0.5, 0.6) is 0 Å². The van der Waals surface area contributed by atoms with Gasteiger partial charge in [0.1, 0.15) is 0 Å². The van der Waals surface area contributed by atoms with Crippen LogP contribution in [0.15, 0.2) is 24.3 Å². The molecule has 0 fully saturated rings. The van der Waals surface area contributed by atoms with Crippen molar-refractivity contribution in [2.45, 2.75) is 25.8 Å². The second-order valence-corrected chi connectivity index (χ2v) is 5.79. The maximum atomic E-state index is 11.7. The smallest absolute Gasteiger partial charge is 0.305 e. The summed E-state index contributed by atoms with van der Waals surface area (Å²) in [7, 11) is 0. The van der Waals surface area contributed by atoms with Crippen molar-refractivity contribution in [2.24, 2.45) is 0 Å². The van der Waals surface area contributed by atoms with E-state index in [-0.39, 0.29) is 12.3 Å². The van der Waals surface area contributed by atoms with Gasteiger partial charge in [0.2, 0.25) is 5.91 Å². The highest BCUT2D eigenvalue weighted by Gasteiger charge is 2.22. The lowest BCUT2D eigenvalue weighted by atomic mass is 10.0. The van der Waals surface area contributed by atoms with Gasteiger partial charge >= 0.3 is 5.97 Å². The van der Waals surface area contributed by atoms with E-state index in [2.05, 4.69) is 5.32 Å². The Bertz CT molecular complexity index is 553. The van der Waals surface area contributed by atoms with Gasteiger partial charge in [0.25, 0.3) is 0 Å². The molecule has 1 aromatic rings. The van der Waals surface area contributed by atoms with E-state index in [0.29, 0.717) is 15.6 Å². The highest BCUT2D eigenvalue weighted by molar-refractivity contribution is 6.35. The van der Waals surface area contributed by atoms with Crippen LogP contribution in [0, 0.1) is 0 Å². The van der Waals surface area contributed by atoms with Crippen LogP contribution in [0.4, 0.5) is 0 Å². The maximum Gasteiger partial charge on any atom is 0.305 e. The highest BCUT2D eigenvalue weighted by atomic mass is 35.5. The normalized spacial score (nSPS) is 11.6. The van der Waals surface area contributed by atoms with Gasteiger partial charge in [0, 0.05) is 21.7 Å². The molecule has 4 nitrogen and oxygen atoms in total. The van der Waals surface area contributed by atoms with Crippen LogP contribution in [0.25, 0.3) is 6.08 Å². The molecule has 0 aliphatic rings. The van der Waals surface area contributed by atoms with Gasteiger partial charge in [-0.05, 0) is 37.6 Å². The SMILES string of the molecule is CC(C)(CC(=O)O)NC(=O)C=Cc1ccc(Cl)cc1Cl. The zero-order valence-corrected chi connectivity index (χ0v) is 12.6. The van der Waals surface area contributed by atoms with Crippen molar-refractivity contribution in [1.29, 1.82) is 0 Å². The lowest BCUT2D eigenvalue weighted by Gasteiger charge is -2.23. The minimum Gasteiger partial charge on any atom is -0.481 e. The number of carbonyl (C=O) groups is 2. The Morgan fingerprint density at radius 2 is 2.00 bits per heavy atom. The van der Waals surface area contributed by atoms with Crippen molar-refractivity contribution in [3.63, 3.8) is 0 Å². The molecule has 6 heteroatoms. The number of hydrogen-bond donors (Lipinski definition) is 2. The van der Waals surface area contributed by atoms with Gasteiger partial charge < -0.3 is 10.4 Å². The number of aliphatic carboxylic acids is 1. The number of hydrogen-bond acceptors (Lipinski definition) is 2. The Kier molecular flexibility index (Phi) is 5.60. The largest absolute Gasteiger partial charge is 0.481 e. The molecule has 2 N–H and O–H groups in total. The van der Waals surface area contributed by atoms with Gasteiger partial charge in [-0.1, -0.05) is 29.3 Å². The molecule has 0 saturated carbocycles. The third-order valence-corrected chi connectivity index (χ3v) is 2.99. The van der Waals surface area contributed by atoms with Crippen LogP contribution in [0.2, 0.25) is 10.0 Å². The summed E-state index contributed by atoms with van der Waals surface area (Å²) in [5.41, 5.74) is -0.168. The van der Waals surface area contributed by atoms with Crippen molar-refractivity contribution >= 4 is 41.2 Å². The third kappa shape index (κ3) is 5.63. The lowest BCUT2D eigenvalue weighted by Crippen LogP contribution is -2.44. The van der Waals surface area contributed by atoms with Crippen LogP contribution in [0.1, 0.15) is 25.8 Å². The molecule has 0 saturated heterocycles. The van der Waals surface area contributed by atoms with Crippen LogP contribution in [-0.2, 0) is 9.59 Å². The van der Waals surface area contributed by atoms with Crippen molar-refractivity contribution in [3.05, 3.63) is 39.9 Å². The molecule has 0 atom stereocenters. The second-order valence-electron chi connectivity index (χ2n) is 4.94. The minimum absolute atomic E-state index is 0.158. The Morgan fingerprint density at radius 1 is 1.35 bits per heavy atom. The average Bonchev–Trinajstić information content (AvgIpc) is 2.24. The Labute approximate surface area is 127 Å². The molecular weight excluding hydrogens is 301 g/mol. The molecular formula is C14H15Cl2NO3. The Hall–Kier alpha value is -1.52. The van der Waals surface area contributed by atoms with Crippen molar-refractivity contribution in [2.75, 3.05) is 0 Å². The van der Waals surface area contributed by atoms with E-state index in [4.69, 9.17) is 28.3 Å².